The molecule has 178 valence electrons. The molecule has 0 aliphatic carbocycles. The van der Waals surface area contributed by atoms with Crippen molar-refractivity contribution >= 4 is 23.0 Å². The van der Waals surface area contributed by atoms with Crippen LogP contribution in [0.5, 0.6) is 5.75 Å². The number of benzene rings is 1. The summed E-state index contributed by atoms with van der Waals surface area (Å²) in [6.07, 6.45) is 2.31. The van der Waals surface area contributed by atoms with Crippen molar-refractivity contribution in [3.63, 3.8) is 0 Å². The molecule has 1 aromatic carbocycles. The topological polar surface area (TPSA) is 106 Å². The molecule has 9 nitrogen and oxygen atoms in total. The normalized spacial score (nSPS) is 17.6. The predicted octanol–water partition coefficient (Wildman–Crippen LogP) is 3.76. The number of aryl methyl sites for hydroxylation is 1. The van der Waals surface area contributed by atoms with Crippen LogP contribution in [-0.4, -0.2) is 49.9 Å². The van der Waals surface area contributed by atoms with E-state index in [2.05, 4.69) is 15.2 Å². The molecule has 0 saturated carbocycles. The minimum Gasteiger partial charge on any atom is -0.496 e. The molecule has 2 unspecified atom stereocenters. The molecule has 2 aromatic heterocycles. The number of nitro groups is 1. The fourth-order valence-electron chi connectivity index (χ4n) is 4.65. The molecule has 34 heavy (non-hydrogen) atoms. The van der Waals surface area contributed by atoms with E-state index in [-0.39, 0.29) is 24.4 Å². The van der Waals surface area contributed by atoms with E-state index in [9.17, 15) is 15.2 Å². The van der Waals surface area contributed by atoms with E-state index in [1.165, 1.54) is 13.2 Å². The Bertz CT molecular complexity index is 1210. The third kappa shape index (κ3) is 4.22. The van der Waals surface area contributed by atoms with Crippen molar-refractivity contribution in [1.29, 1.82) is 0 Å². The number of thiocarbonyl (C=S) groups is 1. The molecule has 1 aliphatic heterocycles. The second-order valence-corrected chi connectivity index (χ2v) is 8.56. The summed E-state index contributed by atoms with van der Waals surface area (Å²) in [5.74, 6) is 0.425. The maximum atomic E-state index is 11.9. The lowest BCUT2D eigenvalue weighted by molar-refractivity contribution is -0.384. The maximum Gasteiger partial charge on any atom is 0.296 e. The number of hydrogen-bond donors (Lipinski definition) is 2. The first-order valence-electron chi connectivity index (χ1n) is 11.0. The lowest BCUT2D eigenvalue weighted by Gasteiger charge is -2.28. The molecule has 2 N–H and O–H groups in total. The Morgan fingerprint density at radius 1 is 1.26 bits per heavy atom. The molecule has 0 radical (unpaired) electrons. The Labute approximate surface area is 203 Å². The third-order valence-corrected chi connectivity index (χ3v) is 6.52. The third-order valence-electron chi connectivity index (χ3n) is 6.16. The van der Waals surface area contributed by atoms with Crippen molar-refractivity contribution in [2.45, 2.75) is 32.4 Å². The summed E-state index contributed by atoms with van der Waals surface area (Å²) in [7, 11) is 1.48. The molecule has 0 amide bonds. The van der Waals surface area contributed by atoms with E-state index in [0.717, 1.165) is 22.6 Å². The Kier molecular flexibility index (Phi) is 6.80. The SMILES string of the molecule is COc1ccc(-n2c(C)cc(C3C(c4ccccn4)NC(=S)N3CCCO)c2C)c([N+](=O)[O-])c1. The van der Waals surface area contributed by atoms with Gasteiger partial charge in [0.1, 0.15) is 11.4 Å². The van der Waals surface area contributed by atoms with Gasteiger partial charge < -0.3 is 24.6 Å². The first kappa shape index (κ1) is 23.7. The number of aromatic nitrogens is 2. The molecule has 1 aliphatic rings. The molecule has 3 aromatic rings. The molecule has 4 rings (SSSR count). The number of nitrogens with zero attached hydrogens (tertiary/aromatic N) is 4. The number of aliphatic hydroxyl groups is 1. The van der Waals surface area contributed by atoms with Crippen molar-refractivity contribution < 1.29 is 14.8 Å². The molecule has 0 bridgehead atoms. The summed E-state index contributed by atoms with van der Waals surface area (Å²) in [6, 6.07) is 12.3. The smallest absolute Gasteiger partial charge is 0.296 e. The largest absolute Gasteiger partial charge is 0.496 e. The summed E-state index contributed by atoms with van der Waals surface area (Å²) < 4.78 is 7.10. The molecule has 2 atom stereocenters. The Balaban J connectivity index is 1.86. The van der Waals surface area contributed by atoms with Gasteiger partial charge in [-0.15, -0.1) is 0 Å². The first-order chi connectivity index (χ1) is 16.4. The Morgan fingerprint density at radius 3 is 2.71 bits per heavy atom. The fourth-order valence-corrected chi connectivity index (χ4v) is 4.98. The minimum absolute atomic E-state index is 0.0359. The molecule has 1 fully saturated rings. The maximum absolute atomic E-state index is 11.9. The van der Waals surface area contributed by atoms with Gasteiger partial charge in [-0.05, 0) is 68.4 Å². The number of hydrogen-bond acceptors (Lipinski definition) is 6. The quantitative estimate of drug-likeness (QED) is 0.285. The highest BCUT2D eigenvalue weighted by Gasteiger charge is 2.41. The van der Waals surface area contributed by atoms with Crippen molar-refractivity contribution in [1.82, 2.24) is 19.8 Å². The standard InChI is InChI=1S/C24H27N5O4S/c1-15-13-18(16(2)28(15)20-9-8-17(33-3)14-21(20)29(31)32)23-22(19-7-4-5-10-25-19)26-24(34)27(23)11-6-12-30/h4-5,7-10,13-14,22-23,30H,6,11-12H2,1-3H3,(H,26,34). The van der Waals surface area contributed by atoms with Crippen LogP contribution in [0.3, 0.4) is 0 Å². The van der Waals surface area contributed by atoms with E-state index in [1.54, 1.807) is 18.3 Å². The van der Waals surface area contributed by atoms with E-state index >= 15 is 0 Å². The van der Waals surface area contributed by atoms with Gasteiger partial charge in [0.25, 0.3) is 5.69 Å². The van der Waals surface area contributed by atoms with E-state index in [0.29, 0.717) is 29.5 Å². The zero-order valence-corrected chi connectivity index (χ0v) is 20.1. The van der Waals surface area contributed by atoms with Crippen LogP contribution in [0.4, 0.5) is 5.69 Å². The first-order valence-corrected chi connectivity index (χ1v) is 11.4. The van der Waals surface area contributed by atoms with Crippen molar-refractivity contribution in [3.8, 4) is 11.4 Å². The zero-order valence-electron chi connectivity index (χ0n) is 19.3. The van der Waals surface area contributed by atoms with Crippen LogP contribution in [0.2, 0.25) is 0 Å². The van der Waals surface area contributed by atoms with Gasteiger partial charge in [-0.25, -0.2) is 0 Å². The zero-order chi connectivity index (χ0) is 24.4. The van der Waals surface area contributed by atoms with Crippen molar-refractivity contribution in [2.75, 3.05) is 20.3 Å². The summed E-state index contributed by atoms with van der Waals surface area (Å²) in [6.45, 7) is 4.51. The van der Waals surface area contributed by atoms with Crippen LogP contribution >= 0.6 is 12.2 Å². The lowest BCUT2D eigenvalue weighted by Crippen LogP contribution is -2.31. The molecular weight excluding hydrogens is 454 g/mol. The van der Waals surface area contributed by atoms with Crippen LogP contribution in [0.25, 0.3) is 5.69 Å². The number of aliphatic hydroxyl groups excluding tert-OH is 1. The number of methoxy groups -OCH3 is 1. The van der Waals surface area contributed by atoms with Gasteiger partial charge in [-0.1, -0.05) is 6.07 Å². The number of pyridine rings is 1. The molecule has 10 heteroatoms. The second kappa shape index (κ2) is 9.78. The average molecular weight is 482 g/mol. The average Bonchev–Trinajstić information content (AvgIpc) is 3.32. The second-order valence-electron chi connectivity index (χ2n) is 8.17. The highest BCUT2D eigenvalue weighted by atomic mass is 32.1. The van der Waals surface area contributed by atoms with Gasteiger partial charge >= 0.3 is 0 Å². The summed E-state index contributed by atoms with van der Waals surface area (Å²) in [5, 5.41) is 25.3. The summed E-state index contributed by atoms with van der Waals surface area (Å²) >= 11 is 5.66. The van der Waals surface area contributed by atoms with Crippen LogP contribution in [0, 0.1) is 24.0 Å². The minimum atomic E-state index is -0.396. The van der Waals surface area contributed by atoms with Gasteiger partial charge in [0.15, 0.2) is 5.11 Å². The van der Waals surface area contributed by atoms with E-state index in [4.69, 9.17) is 17.0 Å². The van der Waals surface area contributed by atoms with Gasteiger partial charge in [0, 0.05) is 30.7 Å². The van der Waals surface area contributed by atoms with Crippen molar-refractivity contribution in [2.24, 2.45) is 0 Å². The Hall–Kier alpha value is -3.50. The Morgan fingerprint density at radius 2 is 2.06 bits per heavy atom. The number of nitrogens with one attached hydrogen (secondary N) is 1. The van der Waals surface area contributed by atoms with E-state index < -0.39 is 4.92 Å². The molecule has 3 heterocycles. The number of ether oxygens (including phenoxy) is 1. The van der Waals surface area contributed by atoms with Gasteiger partial charge in [-0.2, -0.15) is 0 Å². The highest BCUT2D eigenvalue weighted by molar-refractivity contribution is 7.80. The fraction of sp³-hybridized carbons (Fsp3) is 0.333. The highest BCUT2D eigenvalue weighted by Crippen LogP contribution is 2.42. The molecular formula is C24H27N5O4S. The van der Waals surface area contributed by atoms with Gasteiger partial charge in [-0.3, -0.25) is 15.1 Å². The van der Waals surface area contributed by atoms with Crippen LogP contribution < -0.4 is 10.1 Å². The molecule has 0 spiro atoms. The lowest BCUT2D eigenvalue weighted by atomic mass is 9.96. The number of rotatable bonds is 8. The van der Waals surface area contributed by atoms with E-state index in [1.807, 2.05) is 42.7 Å². The van der Waals surface area contributed by atoms with Crippen LogP contribution in [0.1, 0.15) is 41.1 Å². The summed E-state index contributed by atoms with van der Waals surface area (Å²) in [5.41, 5.74) is 4.01. The molecule has 1 saturated heterocycles. The predicted molar refractivity (Wildman–Crippen MR) is 132 cm³/mol. The van der Waals surface area contributed by atoms with Crippen LogP contribution in [0.15, 0.2) is 48.7 Å². The summed E-state index contributed by atoms with van der Waals surface area (Å²) in [4.78, 5) is 18.1. The van der Waals surface area contributed by atoms with Crippen molar-refractivity contribution in [3.05, 3.63) is 81.4 Å². The van der Waals surface area contributed by atoms with Crippen LogP contribution in [-0.2, 0) is 0 Å². The monoisotopic (exact) mass is 481 g/mol. The van der Waals surface area contributed by atoms with Gasteiger partial charge in [0.05, 0.1) is 35.9 Å². The van der Waals surface area contributed by atoms with Gasteiger partial charge in [0.2, 0.25) is 0 Å². The number of nitro benzene ring substituents is 1.